The van der Waals surface area contributed by atoms with E-state index < -0.39 is 0 Å². The summed E-state index contributed by atoms with van der Waals surface area (Å²) in [6.07, 6.45) is 3.83. The molecule has 2 saturated heterocycles. The molecule has 1 spiro atoms. The average Bonchev–Trinajstić information content (AvgIpc) is 3.17. The monoisotopic (exact) mass is 314 g/mol. The maximum Gasteiger partial charge on any atom is 0.123 e. The molecule has 0 amide bonds. The van der Waals surface area contributed by atoms with Crippen molar-refractivity contribution in [2.24, 2.45) is 5.41 Å². The highest BCUT2D eigenvalue weighted by atomic mass is 32.1. The Balaban J connectivity index is 1.41. The van der Waals surface area contributed by atoms with Crippen molar-refractivity contribution in [2.45, 2.75) is 25.8 Å². The average molecular weight is 314 g/mol. The van der Waals surface area contributed by atoms with Crippen LogP contribution in [0.15, 0.2) is 35.7 Å². The molecule has 4 heteroatoms. The van der Waals surface area contributed by atoms with Crippen molar-refractivity contribution >= 4 is 11.3 Å². The molecule has 0 radical (unpaired) electrons. The van der Waals surface area contributed by atoms with Crippen molar-refractivity contribution in [2.75, 3.05) is 26.3 Å². The minimum absolute atomic E-state index is 0.427. The molecule has 0 N–H and O–H groups in total. The summed E-state index contributed by atoms with van der Waals surface area (Å²) in [5, 5.41) is 3.34. The van der Waals surface area contributed by atoms with Gasteiger partial charge in [-0.2, -0.15) is 0 Å². The van der Waals surface area contributed by atoms with Gasteiger partial charge in [0.25, 0.3) is 0 Å². The zero-order valence-corrected chi connectivity index (χ0v) is 13.6. The van der Waals surface area contributed by atoms with Crippen LogP contribution >= 0.6 is 11.3 Å². The standard InChI is InChI=1S/C18H22N2OS/c1-2-5-15(6-3-1)17-19-16(12-22-17)11-20-9-8-18(13-20)7-4-10-21-14-18/h1-3,5-6,12H,4,7-11,13-14H2. The van der Waals surface area contributed by atoms with E-state index in [1.165, 1.54) is 43.6 Å². The van der Waals surface area contributed by atoms with Crippen molar-refractivity contribution in [3.63, 3.8) is 0 Å². The van der Waals surface area contributed by atoms with E-state index in [-0.39, 0.29) is 0 Å². The van der Waals surface area contributed by atoms with Gasteiger partial charge in [0.2, 0.25) is 0 Å². The zero-order valence-electron chi connectivity index (χ0n) is 12.8. The molecule has 3 heterocycles. The molecule has 2 fully saturated rings. The summed E-state index contributed by atoms with van der Waals surface area (Å²) < 4.78 is 5.73. The van der Waals surface area contributed by atoms with Gasteiger partial charge in [0.1, 0.15) is 5.01 Å². The van der Waals surface area contributed by atoms with E-state index in [0.717, 1.165) is 24.8 Å². The fourth-order valence-electron chi connectivity index (χ4n) is 3.72. The number of hydrogen-bond donors (Lipinski definition) is 0. The van der Waals surface area contributed by atoms with E-state index in [0.29, 0.717) is 5.41 Å². The maximum atomic E-state index is 5.73. The number of likely N-dealkylation sites (tertiary alicyclic amines) is 1. The summed E-state index contributed by atoms with van der Waals surface area (Å²) in [6.45, 7) is 5.24. The summed E-state index contributed by atoms with van der Waals surface area (Å²) in [6, 6.07) is 10.5. The molecule has 0 aliphatic carbocycles. The van der Waals surface area contributed by atoms with Crippen molar-refractivity contribution < 1.29 is 4.74 Å². The first-order valence-electron chi connectivity index (χ1n) is 8.13. The van der Waals surface area contributed by atoms with Crippen LogP contribution in [0.1, 0.15) is 25.0 Å². The molecule has 1 aromatic carbocycles. The Morgan fingerprint density at radius 1 is 1.23 bits per heavy atom. The van der Waals surface area contributed by atoms with Crippen LogP contribution in [-0.2, 0) is 11.3 Å². The summed E-state index contributed by atoms with van der Waals surface area (Å²) in [5.41, 5.74) is 2.85. The molecule has 1 unspecified atom stereocenters. The normalized spacial score (nSPS) is 25.8. The Morgan fingerprint density at radius 2 is 2.14 bits per heavy atom. The number of aromatic nitrogens is 1. The maximum absolute atomic E-state index is 5.73. The van der Waals surface area contributed by atoms with Crippen LogP contribution in [0.25, 0.3) is 10.6 Å². The number of benzene rings is 1. The van der Waals surface area contributed by atoms with Crippen LogP contribution in [0.4, 0.5) is 0 Å². The van der Waals surface area contributed by atoms with Gasteiger partial charge in [-0.3, -0.25) is 4.90 Å². The quantitative estimate of drug-likeness (QED) is 0.861. The summed E-state index contributed by atoms with van der Waals surface area (Å²) in [4.78, 5) is 7.38. The molecular weight excluding hydrogens is 292 g/mol. The molecule has 0 saturated carbocycles. The molecular formula is C18H22N2OS. The molecule has 4 rings (SSSR count). The molecule has 2 aliphatic rings. The number of thiazole rings is 1. The highest BCUT2D eigenvalue weighted by molar-refractivity contribution is 7.13. The third-order valence-corrected chi connectivity index (χ3v) is 5.82. The number of hydrogen-bond acceptors (Lipinski definition) is 4. The first kappa shape index (κ1) is 14.4. The minimum atomic E-state index is 0.427. The minimum Gasteiger partial charge on any atom is -0.381 e. The molecule has 0 bridgehead atoms. The lowest BCUT2D eigenvalue weighted by Gasteiger charge is -2.33. The second-order valence-electron chi connectivity index (χ2n) is 6.63. The van der Waals surface area contributed by atoms with E-state index in [2.05, 4.69) is 34.5 Å². The third-order valence-electron chi connectivity index (χ3n) is 4.88. The lowest BCUT2D eigenvalue weighted by Crippen LogP contribution is -2.34. The van der Waals surface area contributed by atoms with Crippen LogP contribution in [0.5, 0.6) is 0 Å². The van der Waals surface area contributed by atoms with Gasteiger partial charge in [-0.15, -0.1) is 11.3 Å². The molecule has 3 nitrogen and oxygen atoms in total. The van der Waals surface area contributed by atoms with E-state index in [1.807, 2.05) is 6.07 Å². The highest BCUT2D eigenvalue weighted by Gasteiger charge is 2.39. The van der Waals surface area contributed by atoms with Gasteiger partial charge in [0.15, 0.2) is 0 Å². The van der Waals surface area contributed by atoms with Gasteiger partial charge in [0.05, 0.1) is 12.3 Å². The second kappa shape index (κ2) is 6.11. The van der Waals surface area contributed by atoms with Gasteiger partial charge in [-0.05, 0) is 25.8 Å². The van der Waals surface area contributed by atoms with E-state index >= 15 is 0 Å². The predicted octanol–water partition coefficient (Wildman–Crippen LogP) is 3.81. The lowest BCUT2D eigenvalue weighted by atomic mass is 9.82. The second-order valence-corrected chi connectivity index (χ2v) is 7.48. The van der Waals surface area contributed by atoms with E-state index in [4.69, 9.17) is 9.72 Å². The van der Waals surface area contributed by atoms with Crippen molar-refractivity contribution in [3.05, 3.63) is 41.4 Å². The Morgan fingerprint density at radius 3 is 2.95 bits per heavy atom. The third kappa shape index (κ3) is 2.96. The smallest absolute Gasteiger partial charge is 0.123 e. The lowest BCUT2D eigenvalue weighted by molar-refractivity contribution is -0.00252. The number of ether oxygens (including phenoxy) is 1. The van der Waals surface area contributed by atoms with E-state index in [9.17, 15) is 0 Å². The highest BCUT2D eigenvalue weighted by Crippen LogP contribution is 2.38. The predicted molar refractivity (Wildman–Crippen MR) is 89.9 cm³/mol. The fraction of sp³-hybridized carbons (Fsp3) is 0.500. The van der Waals surface area contributed by atoms with Crippen LogP contribution in [0, 0.1) is 5.41 Å². The van der Waals surface area contributed by atoms with Crippen molar-refractivity contribution in [1.29, 1.82) is 0 Å². The molecule has 1 atom stereocenters. The van der Waals surface area contributed by atoms with E-state index in [1.54, 1.807) is 11.3 Å². The molecule has 2 aromatic rings. The van der Waals surface area contributed by atoms with Gasteiger partial charge < -0.3 is 4.74 Å². The Hall–Kier alpha value is -1.23. The van der Waals surface area contributed by atoms with Crippen LogP contribution in [0.3, 0.4) is 0 Å². The van der Waals surface area contributed by atoms with Crippen LogP contribution in [0.2, 0.25) is 0 Å². The zero-order chi connectivity index (χ0) is 14.8. The van der Waals surface area contributed by atoms with Crippen LogP contribution < -0.4 is 0 Å². The van der Waals surface area contributed by atoms with Crippen LogP contribution in [-0.4, -0.2) is 36.2 Å². The topological polar surface area (TPSA) is 25.4 Å². The first-order valence-corrected chi connectivity index (χ1v) is 9.01. The molecule has 116 valence electrons. The fourth-order valence-corrected chi connectivity index (χ4v) is 4.53. The largest absolute Gasteiger partial charge is 0.381 e. The molecule has 22 heavy (non-hydrogen) atoms. The summed E-state index contributed by atoms with van der Waals surface area (Å²) in [5.74, 6) is 0. The van der Waals surface area contributed by atoms with Gasteiger partial charge in [-0.25, -0.2) is 4.98 Å². The van der Waals surface area contributed by atoms with Gasteiger partial charge in [0, 0.05) is 36.1 Å². The Kier molecular flexibility index (Phi) is 3.99. The number of nitrogens with zero attached hydrogens (tertiary/aromatic N) is 2. The molecule has 1 aromatic heterocycles. The van der Waals surface area contributed by atoms with Crippen molar-refractivity contribution in [1.82, 2.24) is 9.88 Å². The Labute approximate surface area is 135 Å². The first-order chi connectivity index (χ1) is 10.8. The Bertz CT molecular complexity index is 619. The summed E-state index contributed by atoms with van der Waals surface area (Å²) >= 11 is 1.75. The van der Waals surface area contributed by atoms with Crippen molar-refractivity contribution in [3.8, 4) is 10.6 Å². The number of rotatable bonds is 3. The van der Waals surface area contributed by atoms with Gasteiger partial charge in [-0.1, -0.05) is 30.3 Å². The van der Waals surface area contributed by atoms with Gasteiger partial charge >= 0.3 is 0 Å². The SMILES string of the molecule is c1ccc(-c2nc(CN3CCC4(CCCOC4)C3)cs2)cc1. The molecule has 2 aliphatic heterocycles. The summed E-state index contributed by atoms with van der Waals surface area (Å²) in [7, 11) is 0.